The number of nitrogens with one attached hydrogen (secondary N) is 1. The van der Waals surface area contributed by atoms with Gasteiger partial charge in [-0.1, -0.05) is 36.6 Å². The Balaban J connectivity index is 2.26. The summed E-state index contributed by atoms with van der Waals surface area (Å²) in [5.41, 5.74) is 5.45. The number of esters is 1. The third-order valence-corrected chi connectivity index (χ3v) is 5.47. The highest BCUT2D eigenvalue weighted by Crippen LogP contribution is 2.22. The second kappa shape index (κ2) is 8.61. The summed E-state index contributed by atoms with van der Waals surface area (Å²) in [4.78, 5) is 28.3. The number of aromatic amines is 1. The zero-order valence-electron chi connectivity index (χ0n) is 16.1. The Kier molecular flexibility index (Phi) is 5.99. The molecule has 3 rings (SSSR count). The Labute approximate surface area is 171 Å². The van der Waals surface area contributed by atoms with Crippen molar-refractivity contribution in [1.82, 2.24) is 9.55 Å². The van der Waals surface area contributed by atoms with Crippen LogP contribution in [0.5, 0.6) is 0 Å². The lowest BCUT2D eigenvalue weighted by Crippen LogP contribution is -2.32. The molecule has 0 radical (unpaired) electrons. The SMILES string of the molecule is C=CCOC(=O)/C(C#N)=c1\sc(=C=Cc2c(C)[nH]c3ccccc23)c(=O)n1CC. The normalized spacial score (nSPS) is 11.5. The Morgan fingerprint density at radius 2 is 2.17 bits per heavy atom. The number of ether oxygens (including phenoxy) is 1. The maximum atomic E-state index is 12.8. The number of benzene rings is 1. The van der Waals surface area contributed by atoms with Crippen LogP contribution in [0, 0.1) is 18.3 Å². The van der Waals surface area contributed by atoms with Gasteiger partial charge in [-0.05, 0) is 26.0 Å². The fourth-order valence-electron chi connectivity index (χ4n) is 2.98. The van der Waals surface area contributed by atoms with E-state index in [1.54, 1.807) is 13.0 Å². The first-order valence-corrected chi connectivity index (χ1v) is 9.79. The van der Waals surface area contributed by atoms with Crippen molar-refractivity contribution in [3.05, 3.63) is 67.7 Å². The highest BCUT2D eigenvalue weighted by molar-refractivity contribution is 7.07. The number of rotatable bonds is 5. The van der Waals surface area contributed by atoms with E-state index in [1.807, 2.05) is 37.3 Å². The largest absolute Gasteiger partial charge is 0.457 e. The molecule has 0 aliphatic carbocycles. The molecule has 0 amide bonds. The van der Waals surface area contributed by atoms with Gasteiger partial charge in [-0.3, -0.25) is 9.36 Å². The zero-order valence-corrected chi connectivity index (χ0v) is 16.9. The average molecular weight is 405 g/mol. The minimum atomic E-state index is -0.779. The molecule has 2 aromatic heterocycles. The van der Waals surface area contributed by atoms with Gasteiger partial charge in [0.25, 0.3) is 5.56 Å². The van der Waals surface area contributed by atoms with Crippen LogP contribution in [0.2, 0.25) is 0 Å². The van der Waals surface area contributed by atoms with Gasteiger partial charge in [-0.2, -0.15) is 5.26 Å². The van der Waals surface area contributed by atoms with E-state index in [-0.39, 0.29) is 22.4 Å². The zero-order chi connectivity index (χ0) is 21.0. The van der Waals surface area contributed by atoms with Gasteiger partial charge in [0.2, 0.25) is 0 Å². The summed E-state index contributed by atoms with van der Waals surface area (Å²) in [6, 6.07) is 9.73. The van der Waals surface area contributed by atoms with E-state index in [0.717, 1.165) is 33.5 Å². The smallest absolute Gasteiger partial charge is 0.352 e. The molecular formula is C22H19N3O3S. The second-order valence-electron chi connectivity index (χ2n) is 6.16. The molecule has 0 saturated heterocycles. The summed E-state index contributed by atoms with van der Waals surface area (Å²) in [7, 11) is 0. The van der Waals surface area contributed by atoms with Crippen molar-refractivity contribution in [2.24, 2.45) is 0 Å². The van der Waals surface area contributed by atoms with Crippen LogP contribution in [-0.4, -0.2) is 22.1 Å². The molecule has 1 N–H and O–H groups in total. The van der Waals surface area contributed by atoms with E-state index in [1.165, 1.54) is 10.6 Å². The van der Waals surface area contributed by atoms with Crippen LogP contribution >= 0.6 is 11.3 Å². The molecule has 7 heteroatoms. The monoisotopic (exact) mass is 405 g/mol. The van der Waals surface area contributed by atoms with Crippen LogP contribution in [0.15, 0.2) is 41.7 Å². The molecule has 3 aromatic rings. The predicted molar refractivity (Wildman–Crippen MR) is 115 cm³/mol. The molecule has 0 aliphatic heterocycles. The van der Waals surface area contributed by atoms with Gasteiger partial charge < -0.3 is 9.72 Å². The van der Waals surface area contributed by atoms with Crippen molar-refractivity contribution in [2.45, 2.75) is 20.4 Å². The number of para-hydroxylation sites is 1. The van der Waals surface area contributed by atoms with E-state index in [4.69, 9.17) is 4.74 Å². The van der Waals surface area contributed by atoms with Crippen LogP contribution in [0.3, 0.4) is 0 Å². The fourth-order valence-corrected chi connectivity index (χ4v) is 4.05. The number of aromatic nitrogens is 2. The number of aryl methyl sites for hydroxylation is 1. The summed E-state index contributed by atoms with van der Waals surface area (Å²) in [6.07, 6.45) is 3.17. The number of carbonyl (C=O) groups excluding carboxylic acids is 1. The summed E-state index contributed by atoms with van der Waals surface area (Å²) in [5, 5.41) is 10.5. The molecule has 0 unspecified atom stereocenters. The molecule has 6 nitrogen and oxygen atoms in total. The van der Waals surface area contributed by atoms with E-state index in [2.05, 4.69) is 17.3 Å². The van der Waals surface area contributed by atoms with Gasteiger partial charge in [0.05, 0.1) is 0 Å². The van der Waals surface area contributed by atoms with Crippen LogP contribution in [0.25, 0.3) is 28.3 Å². The Hall–Kier alpha value is -3.59. The van der Waals surface area contributed by atoms with E-state index < -0.39 is 5.97 Å². The fraction of sp³-hybridized carbons (Fsp3) is 0.182. The number of nitrogens with zero attached hydrogens (tertiary/aromatic N) is 2. The number of thiazole rings is 1. The van der Waals surface area contributed by atoms with Crippen LogP contribution in [0.1, 0.15) is 18.2 Å². The second-order valence-corrected chi connectivity index (χ2v) is 7.16. The van der Waals surface area contributed by atoms with Crippen LogP contribution in [-0.2, 0) is 16.1 Å². The number of hydrogen-bond acceptors (Lipinski definition) is 5. The van der Waals surface area contributed by atoms with E-state index in [0.29, 0.717) is 11.1 Å². The van der Waals surface area contributed by atoms with E-state index in [9.17, 15) is 14.9 Å². The highest BCUT2D eigenvalue weighted by atomic mass is 32.1. The van der Waals surface area contributed by atoms with Crippen LogP contribution < -0.4 is 14.8 Å². The quantitative estimate of drug-likeness (QED) is 0.521. The Morgan fingerprint density at radius 1 is 1.41 bits per heavy atom. The molecule has 0 bridgehead atoms. The first kappa shape index (κ1) is 20.2. The van der Waals surface area contributed by atoms with Crippen molar-refractivity contribution >= 4 is 45.6 Å². The topological polar surface area (TPSA) is 87.9 Å². The first-order chi connectivity index (χ1) is 14.0. The third kappa shape index (κ3) is 3.85. The minimum absolute atomic E-state index is 0.00945. The third-order valence-electron chi connectivity index (χ3n) is 4.35. The Bertz CT molecular complexity index is 1360. The lowest BCUT2D eigenvalue weighted by molar-refractivity contribution is -0.135. The van der Waals surface area contributed by atoms with Crippen molar-refractivity contribution in [1.29, 1.82) is 5.26 Å². The van der Waals surface area contributed by atoms with Crippen molar-refractivity contribution in [3.8, 4) is 6.07 Å². The highest BCUT2D eigenvalue weighted by Gasteiger charge is 2.16. The molecule has 1 aromatic carbocycles. The number of nitriles is 1. The minimum Gasteiger partial charge on any atom is -0.457 e. The summed E-state index contributed by atoms with van der Waals surface area (Å²) in [6.45, 7) is 7.52. The number of fused-ring (bicyclic) bond motifs is 1. The molecule has 0 spiro atoms. The van der Waals surface area contributed by atoms with Gasteiger partial charge in [0.1, 0.15) is 21.9 Å². The molecule has 29 heavy (non-hydrogen) atoms. The first-order valence-electron chi connectivity index (χ1n) is 8.97. The standard InChI is InChI=1S/C22H19N3O3S/c1-4-12-28-22(27)17(13-23)21-25(5-2)20(26)19(29-21)11-10-15-14(3)24-18-9-7-6-8-16(15)18/h4,6-10,24H,1,5,12H2,2-3H3/b21-17-. The number of carbonyl (C=O) groups is 1. The molecular weight excluding hydrogens is 386 g/mol. The van der Waals surface area contributed by atoms with Crippen molar-refractivity contribution in [2.75, 3.05) is 6.61 Å². The summed E-state index contributed by atoms with van der Waals surface area (Å²) >= 11 is 1.05. The average Bonchev–Trinajstić information content (AvgIpc) is 3.21. The summed E-state index contributed by atoms with van der Waals surface area (Å²) in [5.74, 6) is -0.779. The van der Waals surface area contributed by atoms with Crippen molar-refractivity contribution < 1.29 is 9.53 Å². The summed E-state index contributed by atoms with van der Waals surface area (Å²) < 4.78 is 6.94. The van der Waals surface area contributed by atoms with Crippen LogP contribution in [0.4, 0.5) is 0 Å². The molecule has 2 heterocycles. The number of H-pyrrole nitrogens is 1. The van der Waals surface area contributed by atoms with Gasteiger partial charge in [0, 0.05) is 28.7 Å². The number of hydrogen-bond donors (Lipinski definition) is 1. The lowest BCUT2D eigenvalue weighted by Gasteiger charge is -2.00. The van der Waals surface area contributed by atoms with Gasteiger partial charge in [-0.15, -0.1) is 11.3 Å². The van der Waals surface area contributed by atoms with Gasteiger partial charge in [-0.25, -0.2) is 4.79 Å². The maximum Gasteiger partial charge on any atom is 0.352 e. The molecule has 0 saturated carbocycles. The lowest BCUT2D eigenvalue weighted by atomic mass is 10.1. The predicted octanol–water partition coefficient (Wildman–Crippen LogP) is 2.22. The van der Waals surface area contributed by atoms with Gasteiger partial charge >= 0.3 is 5.97 Å². The Morgan fingerprint density at radius 3 is 2.86 bits per heavy atom. The molecule has 0 fully saturated rings. The van der Waals surface area contributed by atoms with Gasteiger partial charge in [0.15, 0.2) is 5.57 Å². The molecule has 146 valence electrons. The van der Waals surface area contributed by atoms with Crippen molar-refractivity contribution in [3.63, 3.8) is 0 Å². The molecule has 0 aliphatic rings. The molecule has 0 atom stereocenters. The maximum absolute atomic E-state index is 12.8. The van der Waals surface area contributed by atoms with E-state index >= 15 is 0 Å².